The zero-order valence-electron chi connectivity index (χ0n) is 17.6. The van der Waals surface area contributed by atoms with Crippen LogP contribution in [0.2, 0.25) is 0 Å². The highest BCUT2D eigenvalue weighted by Crippen LogP contribution is 2.35. The van der Waals surface area contributed by atoms with Crippen LogP contribution in [0.15, 0.2) is 12.1 Å². The number of carbonyl (C=O) groups excluding carboxylic acids is 2. The van der Waals surface area contributed by atoms with Crippen LogP contribution in [0.25, 0.3) is 0 Å². The second-order valence-electron chi connectivity index (χ2n) is 7.14. The first kappa shape index (κ1) is 20.8. The molecule has 1 aliphatic rings. The van der Waals surface area contributed by atoms with E-state index in [0.29, 0.717) is 35.5 Å². The number of esters is 1. The zero-order chi connectivity index (χ0) is 21.1. The number of hydrogen-bond donors (Lipinski definition) is 2. The summed E-state index contributed by atoms with van der Waals surface area (Å²) >= 11 is 0. The van der Waals surface area contributed by atoms with Gasteiger partial charge in [0.1, 0.15) is 23.3 Å². The fourth-order valence-corrected chi connectivity index (χ4v) is 3.70. The maximum atomic E-state index is 12.8. The number of nitrogens with one attached hydrogen (secondary N) is 2. The van der Waals surface area contributed by atoms with Gasteiger partial charge < -0.3 is 24.5 Å². The molecule has 0 bridgehead atoms. The van der Waals surface area contributed by atoms with Crippen LogP contribution in [0.3, 0.4) is 0 Å². The van der Waals surface area contributed by atoms with Crippen molar-refractivity contribution in [1.29, 1.82) is 0 Å². The van der Waals surface area contributed by atoms with Crippen molar-refractivity contribution in [3.8, 4) is 11.5 Å². The molecule has 3 rings (SSSR count). The van der Waals surface area contributed by atoms with Crippen molar-refractivity contribution >= 4 is 11.9 Å². The molecule has 7 heteroatoms. The van der Waals surface area contributed by atoms with Crippen molar-refractivity contribution in [2.24, 2.45) is 0 Å². The van der Waals surface area contributed by atoms with Crippen LogP contribution in [-0.4, -0.2) is 36.7 Å². The monoisotopic (exact) mass is 400 g/mol. The van der Waals surface area contributed by atoms with Crippen LogP contribution in [-0.2, 0) is 24.1 Å². The number of H-pyrrole nitrogens is 1. The van der Waals surface area contributed by atoms with E-state index in [1.807, 2.05) is 32.9 Å². The van der Waals surface area contributed by atoms with Crippen molar-refractivity contribution < 1.29 is 23.8 Å². The Labute approximate surface area is 170 Å². The van der Waals surface area contributed by atoms with Crippen molar-refractivity contribution in [3.63, 3.8) is 0 Å². The van der Waals surface area contributed by atoms with Gasteiger partial charge in [-0.15, -0.1) is 0 Å². The molecule has 1 amide bonds. The Morgan fingerprint density at radius 2 is 2.07 bits per heavy atom. The Balaban J connectivity index is 1.82. The normalized spacial score (nSPS) is 14.9. The summed E-state index contributed by atoms with van der Waals surface area (Å²) in [4.78, 5) is 28.0. The Kier molecular flexibility index (Phi) is 6.15. The number of methoxy groups -OCH3 is 1. The standard InChI is InChI=1S/C22H28N2O5/c1-6-16-19(22(26)27-5)13(4)20(24-16)21(25)23-11-15-10-18-14(8-12(3)29-18)9-17(15)28-7-2/h9-10,12,24H,6-8,11H2,1-5H3,(H,23,25)/t12-/m0/s1. The van der Waals surface area contributed by atoms with Gasteiger partial charge in [-0.05, 0) is 44.9 Å². The molecule has 0 saturated heterocycles. The molecule has 29 heavy (non-hydrogen) atoms. The number of fused-ring (bicyclic) bond motifs is 1. The highest BCUT2D eigenvalue weighted by atomic mass is 16.5. The van der Waals surface area contributed by atoms with Crippen molar-refractivity contribution in [2.45, 2.75) is 53.2 Å². The van der Waals surface area contributed by atoms with Gasteiger partial charge in [0.15, 0.2) is 0 Å². The summed E-state index contributed by atoms with van der Waals surface area (Å²) in [6.45, 7) is 8.44. The van der Waals surface area contributed by atoms with Crippen LogP contribution in [0.4, 0.5) is 0 Å². The lowest BCUT2D eigenvalue weighted by molar-refractivity contribution is 0.0599. The number of aryl methyl sites for hydroxylation is 1. The van der Waals surface area contributed by atoms with E-state index >= 15 is 0 Å². The third-order valence-corrected chi connectivity index (χ3v) is 5.12. The maximum absolute atomic E-state index is 12.8. The lowest BCUT2D eigenvalue weighted by Crippen LogP contribution is -2.24. The fraction of sp³-hybridized carbons (Fsp3) is 0.455. The predicted octanol–water partition coefficient (Wildman–Crippen LogP) is 3.32. The topological polar surface area (TPSA) is 89.7 Å². The summed E-state index contributed by atoms with van der Waals surface area (Å²) in [5, 5.41) is 2.92. The van der Waals surface area contributed by atoms with E-state index in [2.05, 4.69) is 10.3 Å². The molecular formula is C22H28N2O5. The summed E-state index contributed by atoms with van der Waals surface area (Å²) in [6.07, 6.45) is 1.57. The molecule has 0 radical (unpaired) electrons. The minimum absolute atomic E-state index is 0.134. The molecule has 0 spiro atoms. The van der Waals surface area contributed by atoms with E-state index < -0.39 is 5.97 Å². The summed E-state index contributed by atoms with van der Waals surface area (Å²) in [5.74, 6) is 0.849. The van der Waals surface area contributed by atoms with Gasteiger partial charge in [0.25, 0.3) is 5.91 Å². The van der Waals surface area contributed by atoms with Crippen molar-refractivity contribution in [2.75, 3.05) is 13.7 Å². The van der Waals surface area contributed by atoms with Gasteiger partial charge in [0.05, 0.1) is 19.3 Å². The Morgan fingerprint density at radius 3 is 2.72 bits per heavy atom. The number of hydrogen-bond acceptors (Lipinski definition) is 5. The van der Waals surface area contributed by atoms with Gasteiger partial charge in [-0.1, -0.05) is 6.92 Å². The second-order valence-corrected chi connectivity index (χ2v) is 7.14. The first-order valence-corrected chi connectivity index (χ1v) is 9.92. The number of carbonyl (C=O) groups is 2. The maximum Gasteiger partial charge on any atom is 0.339 e. The molecule has 1 aromatic carbocycles. The van der Waals surface area contributed by atoms with E-state index in [4.69, 9.17) is 14.2 Å². The smallest absolute Gasteiger partial charge is 0.339 e. The van der Waals surface area contributed by atoms with Gasteiger partial charge in [-0.25, -0.2) is 4.79 Å². The third-order valence-electron chi connectivity index (χ3n) is 5.12. The summed E-state index contributed by atoms with van der Waals surface area (Å²) in [7, 11) is 1.33. The SMILES string of the molecule is CCOc1cc2c(cc1CNC(=O)c1[nH]c(CC)c(C(=O)OC)c1C)O[C@@H](C)C2. The highest BCUT2D eigenvalue weighted by molar-refractivity contribution is 6.00. The van der Waals surface area contributed by atoms with Crippen molar-refractivity contribution in [3.05, 3.63) is 45.8 Å². The Bertz CT molecular complexity index is 932. The van der Waals surface area contributed by atoms with E-state index in [0.717, 1.165) is 29.0 Å². The first-order valence-electron chi connectivity index (χ1n) is 9.92. The number of amides is 1. The van der Waals surface area contributed by atoms with Gasteiger partial charge in [0, 0.05) is 29.8 Å². The largest absolute Gasteiger partial charge is 0.494 e. The predicted molar refractivity (Wildman–Crippen MR) is 109 cm³/mol. The molecule has 156 valence electrons. The molecule has 1 aliphatic heterocycles. The molecule has 7 nitrogen and oxygen atoms in total. The number of ether oxygens (including phenoxy) is 3. The average Bonchev–Trinajstić information content (AvgIpc) is 3.23. The molecule has 2 heterocycles. The molecule has 0 unspecified atom stereocenters. The van der Waals surface area contributed by atoms with E-state index in [9.17, 15) is 9.59 Å². The molecule has 1 atom stereocenters. The van der Waals surface area contributed by atoms with Gasteiger partial charge in [-0.2, -0.15) is 0 Å². The Hall–Kier alpha value is -2.96. The lowest BCUT2D eigenvalue weighted by atomic mass is 10.1. The molecule has 2 aromatic rings. The minimum atomic E-state index is -0.446. The quantitative estimate of drug-likeness (QED) is 0.696. The minimum Gasteiger partial charge on any atom is -0.494 e. The number of rotatable bonds is 7. The van der Waals surface area contributed by atoms with Crippen LogP contribution >= 0.6 is 0 Å². The molecule has 0 saturated carbocycles. The molecule has 0 aliphatic carbocycles. The van der Waals surface area contributed by atoms with E-state index in [1.54, 1.807) is 6.92 Å². The first-order chi connectivity index (χ1) is 13.9. The summed E-state index contributed by atoms with van der Waals surface area (Å²) in [5.41, 5.74) is 4.03. The number of aromatic nitrogens is 1. The molecular weight excluding hydrogens is 372 g/mol. The van der Waals surface area contributed by atoms with Gasteiger partial charge in [0.2, 0.25) is 0 Å². The van der Waals surface area contributed by atoms with E-state index in [1.165, 1.54) is 7.11 Å². The van der Waals surface area contributed by atoms with Crippen LogP contribution in [0.1, 0.15) is 64.0 Å². The molecule has 2 N–H and O–H groups in total. The van der Waals surface area contributed by atoms with Crippen LogP contribution < -0.4 is 14.8 Å². The van der Waals surface area contributed by atoms with Gasteiger partial charge >= 0.3 is 5.97 Å². The van der Waals surface area contributed by atoms with E-state index in [-0.39, 0.29) is 18.6 Å². The number of benzene rings is 1. The third kappa shape index (κ3) is 4.09. The molecule has 1 aromatic heterocycles. The van der Waals surface area contributed by atoms with Crippen LogP contribution in [0, 0.1) is 6.92 Å². The van der Waals surface area contributed by atoms with Crippen LogP contribution in [0.5, 0.6) is 11.5 Å². The van der Waals surface area contributed by atoms with Crippen molar-refractivity contribution in [1.82, 2.24) is 10.3 Å². The highest BCUT2D eigenvalue weighted by Gasteiger charge is 2.25. The molecule has 0 fully saturated rings. The summed E-state index contributed by atoms with van der Waals surface area (Å²) in [6, 6.07) is 3.93. The zero-order valence-corrected chi connectivity index (χ0v) is 17.6. The number of aromatic amines is 1. The lowest BCUT2D eigenvalue weighted by Gasteiger charge is -2.13. The van der Waals surface area contributed by atoms with Gasteiger partial charge in [-0.3, -0.25) is 4.79 Å². The Morgan fingerprint density at radius 1 is 1.31 bits per heavy atom. The average molecular weight is 400 g/mol. The summed E-state index contributed by atoms with van der Waals surface area (Å²) < 4.78 is 16.5. The second kappa shape index (κ2) is 8.59. The fourth-order valence-electron chi connectivity index (χ4n) is 3.70.